The van der Waals surface area contributed by atoms with E-state index in [2.05, 4.69) is 19.2 Å². The lowest BCUT2D eigenvalue weighted by atomic mass is 9.73. The van der Waals surface area contributed by atoms with Crippen molar-refractivity contribution in [2.24, 2.45) is 17.3 Å². The van der Waals surface area contributed by atoms with Crippen LogP contribution < -0.4 is 5.32 Å². The second-order valence-corrected chi connectivity index (χ2v) is 5.51. The summed E-state index contributed by atoms with van der Waals surface area (Å²) in [6, 6.07) is 0. The largest absolute Gasteiger partial charge is 0.316 e. The average Bonchev–Trinajstić information content (AvgIpc) is 2.64. The van der Waals surface area contributed by atoms with Crippen molar-refractivity contribution in [3.8, 4) is 0 Å². The van der Waals surface area contributed by atoms with E-state index in [1.165, 1.54) is 45.2 Å². The highest BCUT2D eigenvalue weighted by Gasteiger charge is 2.50. The fourth-order valence-electron chi connectivity index (χ4n) is 2.52. The smallest absolute Gasteiger partial charge is 0.00106 e. The molecule has 2 aliphatic rings. The molecule has 1 nitrogen and oxygen atoms in total. The fraction of sp³-hybridized carbons (Fsp3) is 1.00. The molecule has 0 aromatic rings. The standard InChI is InChI=1S/C12H23N/c1-10(2)8-13-9-12(6-7-12)11-4-3-5-11/h10-11,13H,3-9H2,1-2H3. The molecule has 0 spiro atoms. The quantitative estimate of drug-likeness (QED) is 0.687. The van der Waals surface area contributed by atoms with Crippen LogP contribution >= 0.6 is 0 Å². The maximum Gasteiger partial charge on any atom is 0.00106 e. The SMILES string of the molecule is CC(C)CNCC1(C2CCC2)CC1. The Labute approximate surface area is 82.3 Å². The molecule has 1 N–H and O–H groups in total. The fourth-order valence-corrected chi connectivity index (χ4v) is 2.52. The lowest BCUT2D eigenvalue weighted by Crippen LogP contribution is -2.34. The second-order valence-electron chi connectivity index (χ2n) is 5.51. The van der Waals surface area contributed by atoms with E-state index in [-0.39, 0.29) is 0 Å². The summed E-state index contributed by atoms with van der Waals surface area (Å²) in [6.45, 7) is 7.08. The van der Waals surface area contributed by atoms with Gasteiger partial charge in [0.25, 0.3) is 0 Å². The van der Waals surface area contributed by atoms with Crippen molar-refractivity contribution in [2.45, 2.75) is 46.0 Å². The summed E-state index contributed by atoms with van der Waals surface area (Å²) >= 11 is 0. The van der Waals surface area contributed by atoms with Crippen LogP contribution in [-0.2, 0) is 0 Å². The molecule has 0 radical (unpaired) electrons. The molecular weight excluding hydrogens is 158 g/mol. The van der Waals surface area contributed by atoms with Gasteiger partial charge >= 0.3 is 0 Å². The van der Waals surface area contributed by atoms with Gasteiger partial charge in [-0.1, -0.05) is 20.3 Å². The third kappa shape index (κ3) is 2.07. The molecular formula is C12H23N. The first kappa shape index (κ1) is 9.51. The molecule has 0 unspecified atom stereocenters. The van der Waals surface area contributed by atoms with Crippen molar-refractivity contribution in [1.82, 2.24) is 5.32 Å². The van der Waals surface area contributed by atoms with Gasteiger partial charge < -0.3 is 5.32 Å². The molecule has 0 amide bonds. The third-order valence-corrected chi connectivity index (χ3v) is 3.89. The summed E-state index contributed by atoms with van der Waals surface area (Å²) in [5.41, 5.74) is 0.771. The van der Waals surface area contributed by atoms with Gasteiger partial charge in [-0.15, -0.1) is 0 Å². The Bertz CT molecular complexity index is 166. The van der Waals surface area contributed by atoms with E-state index in [9.17, 15) is 0 Å². The van der Waals surface area contributed by atoms with Crippen LogP contribution in [0.3, 0.4) is 0 Å². The summed E-state index contributed by atoms with van der Waals surface area (Å²) in [6.07, 6.45) is 7.54. The summed E-state index contributed by atoms with van der Waals surface area (Å²) < 4.78 is 0. The van der Waals surface area contributed by atoms with E-state index in [1.54, 1.807) is 0 Å². The predicted octanol–water partition coefficient (Wildman–Crippen LogP) is 2.81. The lowest BCUT2D eigenvalue weighted by molar-refractivity contribution is 0.179. The van der Waals surface area contributed by atoms with Crippen molar-refractivity contribution in [3.63, 3.8) is 0 Å². The molecule has 0 aromatic heterocycles. The Balaban J connectivity index is 1.68. The molecule has 13 heavy (non-hydrogen) atoms. The van der Waals surface area contributed by atoms with Crippen LogP contribution in [0.15, 0.2) is 0 Å². The number of rotatable bonds is 5. The summed E-state index contributed by atoms with van der Waals surface area (Å²) in [5.74, 6) is 1.89. The molecule has 2 aliphatic carbocycles. The van der Waals surface area contributed by atoms with E-state index >= 15 is 0 Å². The Morgan fingerprint density at radius 2 is 2.00 bits per heavy atom. The van der Waals surface area contributed by atoms with Gasteiger partial charge in [0, 0.05) is 6.54 Å². The predicted molar refractivity (Wildman–Crippen MR) is 56.7 cm³/mol. The highest BCUT2D eigenvalue weighted by molar-refractivity contribution is 5.02. The Kier molecular flexibility index (Phi) is 2.64. The summed E-state index contributed by atoms with van der Waals surface area (Å²) in [5, 5.41) is 3.64. The van der Waals surface area contributed by atoms with Gasteiger partial charge in [0.1, 0.15) is 0 Å². The van der Waals surface area contributed by atoms with Crippen molar-refractivity contribution in [3.05, 3.63) is 0 Å². The lowest BCUT2D eigenvalue weighted by Gasteiger charge is -2.34. The van der Waals surface area contributed by atoms with Crippen molar-refractivity contribution in [1.29, 1.82) is 0 Å². The van der Waals surface area contributed by atoms with E-state index in [0.717, 1.165) is 17.3 Å². The Morgan fingerprint density at radius 1 is 1.31 bits per heavy atom. The highest BCUT2D eigenvalue weighted by Crippen LogP contribution is 2.58. The van der Waals surface area contributed by atoms with Gasteiger partial charge in [0.15, 0.2) is 0 Å². The topological polar surface area (TPSA) is 12.0 Å². The van der Waals surface area contributed by atoms with Crippen LogP contribution in [0.5, 0.6) is 0 Å². The van der Waals surface area contributed by atoms with E-state index in [4.69, 9.17) is 0 Å². The monoisotopic (exact) mass is 181 g/mol. The molecule has 0 atom stereocenters. The molecule has 76 valence electrons. The molecule has 0 heterocycles. The Hall–Kier alpha value is -0.0400. The van der Waals surface area contributed by atoms with Crippen LogP contribution in [0.4, 0.5) is 0 Å². The molecule has 0 bridgehead atoms. The molecule has 1 heteroatoms. The molecule has 2 fully saturated rings. The summed E-state index contributed by atoms with van der Waals surface area (Å²) in [7, 11) is 0. The van der Waals surface area contributed by atoms with Crippen LogP contribution in [0.25, 0.3) is 0 Å². The first-order chi connectivity index (χ1) is 6.23. The van der Waals surface area contributed by atoms with Gasteiger partial charge in [0.2, 0.25) is 0 Å². The average molecular weight is 181 g/mol. The normalized spacial score (nSPS) is 26.1. The zero-order chi connectivity index (χ0) is 9.31. The first-order valence-corrected chi connectivity index (χ1v) is 5.94. The third-order valence-electron chi connectivity index (χ3n) is 3.89. The minimum atomic E-state index is 0.771. The van der Waals surface area contributed by atoms with Gasteiger partial charge in [-0.2, -0.15) is 0 Å². The zero-order valence-corrected chi connectivity index (χ0v) is 9.10. The van der Waals surface area contributed by atoms with Crippen LogP contribution in [-0.4, -0.2) is 13.1 Å². The van der Waals surface area contributed by atoms with Crippen molar-refractivity contribution >= 4 is 0 Å². The summed E-state index contributed by atoms with van der Waals surface area (Å²) in [4.78, 5) is 0. The van der Waals surface area contributed by atoms with Crippen molar-refractivity contribution in [2.75, 3.05) is 13.1 Å². The van der Waals surface area contributed by atoms with Crippen molar-refractivity contribution < 1.29 is 0 Å². The maximum atomic E-state index is 3.64. The van der Waals surface area contributed by atoms with Crippen LogP contribution in [0.1, 0.15) is 46.0 Å². The highest BCUT2D eigenvalue weighted by atomic mass is 14.9. The molecule has 2 saturated carbocycles. The van der Waals surface area contributed by atoms with E-state index in [0.29, 0.717) is 0 Å². The molecule has 0 aromatic carbocycles. The number of hydrogen-bond donors (Lipinski definition) is 1. The second kappa shape index (κ2) is 3.61. The molecule has 0 saturated heterocycles. The maximum absolute atomic E-state index is 3.64. The number of nitrogens with one attached hydrogen (secondary N) is 1. The minimum absolute atomic E-state index is 0.771. The minimum Gasteiger partial charge on any atom is -0.316 e. The number of hydrogen-bond acceptors (Lipinski definition) is 1. The van der Waals surface area contributed by atoms with Crippen LogP contribution in [0.2, 0.25) is 0 Å². The van der Waals surface area contributed by atoms with Gasteiger partial charge in [-0.3, -0.25) is 0 Å². The van der Waals surface area contributed by atoms with Gasteiger partial charge in [-0.25, -0.2) is 0 Å². The van der Waals surface area contributed by atoms with Crippen LogP contribution in [0, 0.1) is 17.3 Å². The van der Waals surface area contributed by atoms with E-state index < -0.39 is 0 Å². The zero-order valence-electron chi connectivity index (χ0n) is 9.10. The molecule has 2 rings (SSSR count). The first-order valence-electron chi connectivity index (χ1n) is 5.94. The van der Waals surface area contributed by atoms with Gasteiger partial charge in [0.05, 0.1) is 0 Å². The van der Waals surface area contributed by atoms with Gasteiger partial charge in [-0.05, 0) is 49.5 Å². The van der Waals surface area contributed by atoms with E-state index in [1.807, 2.05) is 0 Å². The Morgan fingerprint density at radius 3 is 2.38 bits per heavy atom. The molecule has 0 aliphatic heterocycles.